The molecule has 0 bridgehead atoms. The number of aryl methyl sites for hydroxylation is 1. The van der Waals surface area contributed by atoms with Crippen LogP contribution in [0.5, 0.6) is 0 Å². The van der Waals surface area contributed by atoms with E-state index in [2.05, 4.69) is 10.2 Å². The average Bonchev–Trinajstić information content (AvgIpc) is 3.05. The molecule has 3 heteroatoms. The summed E-state index contributed by atoms with van der Waals surface area (Å²) >= 11 is 0. The van der Waals surface area contributed by atoms with Gasteiger partial charge in [-0.05, 0) is 43.4 Å². The van der Waals surface area contributed by atoms with Crippen LogP contribution in [0.1, 0.15) is 18.4 Å². The first-order valence-electron chi connectivity index (χ1n) is 6.03. The van der Waals surface area contributed by atoms with Gasteiger partial charge in [0.1, 0.15) is 5.82 Å². The van der Waals surface area contributed by atoms with E-state index in [1.165, 1.54) is 18.5 Å². The molecule has 1 N–H and O–H groups in total. The number of rotatable bonds is 2. The highest BCUT2D eigenvalue weighted by molar-refractivity contribution is 5.73. The molecular formula is C13H17FN2. The fourth-order valence-corrected chi connectivity index (χ4v) is 2.32. The van der Waals surface area contributed by atoms with Crippen molar-refractivity contribution in [3.05, 3.63) is 23.5 Å². The molecule has 1 aliphatic carbocycles. The van der Waals surface area contributed by atoms with E-state index in [9.17, 15) is 4.39 Å². The third-order valence-corrected chi connectivity index (χ3v) is 3.49. The Morgan fingerprint density at radius 1 is 1.44 bits per heavy atom. The predicted molar refractivity (Wildman–Crippen MR) is 64.6 cm³/mol. The summed E-state index contributed by atoms with van der Waals surface area (Å²) in [6.45, 7) is 4.93. The van der Waals surface area contributed by atoms with E-state index in [1.807, 2.05) is 13.0 Å². The van der Waals surface area contributed by atoms with Crippen molar-refractivity contribution in [1.29, 1.82) is 0 Å². The van der Waals surface area contributed by atoms with Crippen molar-refractivity contribution in [3.8, 4) is 0 Å². The maximum Gasteiger partial charge on any atom is 0.128 e. The Morgan fingerprint density at radius 2 is 2.25 bits per heavy atom. The van der Waals surface area contributed by atoms with Gasteiger partial charge in [-0.3, -0.25) is 0 Å². The predicted octanol–water partition coefficient (Wildman–Crippen LogP) is 2.78. The van der Waals surface area contributed by atoms with E-state index in [-0.39, 0.29) is 5.82 Å². The molecule has 2 nitrogen and oxygen atoms in total. The molecule has 1 saturated carbocycles. The second kappa shape index (κ2) is 3.65. The van der Waals surface area contributed by atoms with Crippen molar-refractivity contribution in [1.82, 2.24) is 0 Å². The van der Waals surface area contributed by atoms with Crippen LogP contribution in [-0.2, 0) is 0 Å². The molecule has 0 atom stereocenters. The van der Waals surface area contributed by atoms with Gasteiger partial charge in [-0.15, -0.1) is 0 Å². The molecule has 1 fully saturated rings. The van der Waals surface area contributed by atoms with Crippen LogP contribution in [-0.4, -0.2) is 19.6 Å². The largest absolute Gasteiger partial charge is 0.382 e. The third-order valence-electron chi connectivity index (χ3n) is 3.49. The standard InChI is InChI=1S/C13H17FN2/c1-9-6-13-12(7-11(9)14)15-4-5-16(13)8-10-2-3-10/h6-7,10,15H,2-5,8H2,1H3. The summed E-state index contributed by atoms with van der Waals surface area (Å²) in [4.78, 5) is 2.40. The van der Waals surface area contributed by atoms with Crippen LogP contribution in [0.2, 0.25) is 0 Å². The van der Waals surface area contributed by atoms with Crippen molar-refractivity contribution in [2.24, 2.45) is 5.92 Å². The first kappa shape index (κ1) is 9.94. The number of nitrogens with zero attached hydrogens (tertiary/aromatic N) is 1. The summed E-state index contributed by atoms with van der Waals surface area (Å²) in [5, 5.41) is 3.27. The Labute approximate surface area is 95.4 Å². The molecule has 0 spiro atoms. The monoisotopic (exact) mass is 220 g/mol. The second-order valence-electron chi connectivity index (χ2n) is 4.93. The smallest absolute Gasteiger partial charge is 0.128 e. The lowest BCUT2D eigenvalue weighted by molar-refractivity contribution is 0.617. The number of nitrogens with one attached hydrogen (secondary N) is 1. The molecule has 0 unspecified atom stereocenters. The molecule has 86 valence electrons. The lowest BCUT2D eigenvalue weighted by Crippen LogP contribution is -2.35. The normalized spacial score (nSPS) is 19.2. The second-order valence-corrected chi connectivity index (χ2v) is 4.93. The topological polar surface area (TPSA) is 15.3 Å². The molecule has 2 aliphatic rings. The molecule has 16 heavy (non-hydrogen) atoms. The Hall–Kier alpha value is -1.25. The summed E-state index contributed by atoms with van der Waals surface area (Å²) in [6.07, 6.45) is 2.72. The summed E-state index contributed by atoms with van der Waals surface area (Å²) < 4.78 is 13.5. The summed E-state index contributed by atoms with van der Waals surface area (Å²) in [5.74, 6) is 0.760. The van der Waals surface area contributed by atoms with Crippen LogP contribution in [0.3, 0.4) is 0 Å². The Balaban J connectivity index is 1.93. The van der Waals surface area contributed by atoms with Gasteiger partial charge in [-0.1, -0.05) is 0 Å². The minimum absolute atomic E-state index is 0.112. The molecule has 1 aliphatic heterocycles. The van der Waals surface area contributed by atoms with E-state index in [4.69, 9.17) is 0 Å². The van der Waals surface area contributed by atoms with Crippen molar-refractivity contribution < 1.29 is 4.39 Å². The molecule has 1 aromatic carbocycles. The quantitative estimate of drug-likeness (QED) is 0.824. The molecule has 0 aromatic heterocycles. The SMILES string of the molecule is Cc1cc2c(cc1F)NCCN2CC1CC1. The zero-order chi connectivity index (χ0) is 11.1. The summed E-state index contributed by atoms with van der Waals surface area (Å²) in [5.41, 5.74) is 2.87. The fraction of sp³-hybridized carbons (Fsp3) is 0.538. The first-order valence-corrected chi connectivity index (χ1v) is 6.03. The maximum atomic E-state index is 13.5. The van der Waals surface area contributed by atoms with E-state index in [0.29, 0.717) is 0 Å². The van der Waals surface area contributed by atoms with Gasteiger partial charge < -0.3 is 10.2 Å². The van der Waals surface area contributed by atoms with Gasteiger partial charge in [0.2, 0.25) is 0 Å². The van der Waals surface area contributed by atoms with E-state index >= 15 is 0 Å². The molecule has 0 amide bonds. The van der Waals surface area contributed by atoms with Crippen molar-refractivity contribution in [2.75, 3.05) is 29.9 Å². The summed E-state index contributed by atoms with van der Waals surface area (Å²) in [7, 11) is 0. The Morgan fingerprint density at radius 3 is 3.00 bits per heavy atom. The van der Waals surface area contributed by atoms with Gasteiger partial charge in [0, 0.05) is 19.6 Å². The zero-order valence-corrected chi connectivity index (χ0v) is 9.59. The van der Waals surface area contributed by atoms with Gasteiger partial charge in [0.25, 0.3) is 0 Å². The molecular weight excluding hydrogens is 203 g/mol. The lowest BCUT2D eigenvalue weighted by Gasteiger charge is -2.32. The van der Waals surface area contributed by atoms with Gasteiger partial charge in [0.15, 0.2) is 0 Å². The molecule has 0 saturated heterocycles. The highest BCUT2D eigenvalue weighted by atomic mass is 19.1. The number of halogens is 1. The highest BCUT2D eigenvalue weighted by Gasteiger charge is 2.27. The van der Waals surface area contributed by atoms with Gasteiger partial charge in [0.05, 0.1) is 11.4 Å². The van der Waals surface area contributed by atoms with Crippen LogP contribution >= 0.6 is 0 Å². The molecule has 1 heterocycles. The number of benzene rings is 1. The number of hydrogen-bond acceptors (Lipinski definition) is 2. The van der Waals surface area contributed by atoms with Gasteiger partial charge in [-0.2, -0.15) is 0 Å². The van der Waals surface area contributed by atoms with E-state index < -0.39 is 0 Å². The Bertz CT molecular complexity index is 413. The minimum atomic E-state index is -0.112. The van der Waals surface area contributed by atoms with Crippen LogP contribution in [0.4, 0.5) is 15.8 Å². The minimum Gasteiger partial charge on any atom is -0.382 e. The van der Waals surface area contributed by atoms with Crippen LogP contribution in [0.15, 0.2) is 12.1 Å². The fourth-order valence-electron chi connectivity index (χ4n) is 2.32. The third kappa shape index (κ3) is 1.75. The molecule has 0 radical (unpaired) electrons. The average molecular weight is 220 g/mol. The van der Waals surface area contributed by atoms with Crippen LogP contribution < -0.4 is 10.2 Å². The van der Waals surface area contributed by atoms with Crippen molar-refractivity contribution >= 4 is 11.4 Å². The number of hydrogen-bond donors (Lipinski definition) is 1. The highest BCUT2D eigenvalue weighted by Crippen LogP contribution is 2.36. The van der Waals surface area contributed by atoms with Crippen LogP contribution in [0, 0.1) is 18.7 Å². The summed E-state index contributed by atoms with van der Waals surface area (Å²) in [6, 6.07) is 3.60. The Kier molecular flexibility index (Phi) is 2.27. The van der Waals surface area contributed by atoms with E-state index in [0.717, 1.165) is 36.8 Å². The lowest BCUT2D eigenvalue weighted by atomic mass is 10.1. The van der Waals surface area contributed by atoms with Gasteiger partial charge in [-0.25, -0.2) is 4.39 Å². The number of fused-ring (bicyclic) bond motifs is 1. The molecule has 3 rings (SSSR count). The van der Waals surface area contributed by atoms with Crippen molar-refractivity contribution in [3.63, 3.8) is 0 Å². The van der Waals surface area contributed by atoms with Gasteiger partial charge >= 0.3 is 0 Å². The zero-order valence-electron chi connectivity index (χ0n) is 9.59. The maximum absolute atomic E-state index is 13.5. The van der Waals surface area contributed by atoms with Crippen LogP contribution in [0.25, 0.3) is 0 Å². The van der Waals surface area contributed by atoms with Crippen molar-refractivity contribution in [2.45, 2.75) is 19.8 Å². The molecule has 1 aromatic rings. The first-order chi connectivity index (χ1) is 7.74. The van der Waals surface area contributed by atoms with E-state index in [1.54, 1.807) is 6.07 Å². The number of anilines is 2.